The quantitative estimate of drug-likeness (QED) is 0.841. The molecule has 0 bridgehead atoms. The predicted molar refractivity (Wildman–Crippen MR) is 94.5 cm³/mol. The van der Waals surface area contributed by atoms with Gasteiger partial charge in [-0.15, -0.1) is 0 Å². The number of rotatable bonds is 4. The summed E-state index contributed by atoms with van der Waals surface area (Å²) in [4.78, 5) is 9.76. The number of anilines is 1. The number of aromatic nitrogens is 2. The molecule has 1 saturated heterocycles. The molecule has 1 aliphatic rings. The molecule has 0 radical (unpaired) electrons. The lowest BCUT2D eigenvalue weighted by Crippen LogP contribution is -2.30. The van der Waals surface area contributed by atoms with E-state index < -0.39 is 0 Å². The van der Waals surface area contributed by atoms with Gasteiger partial charge in [0.25, 0.3) is 6.47 Å². The van der Waals surface area contributed by atoms with Crippen LogP contribution in [-0.4, -0.2) is 29.3 Å². The topological polar surface area (TPSA) is 82.2 Å². The number of hydrogen-bond acceptors (Lipinski definition) is 5. The largest absolute Gasteiger partial charge is 0.463 e. The third-order valence-corrected chi connectivity index (χ3v) is 4.20. The molecule has 1 aromatic heterocycles. The first kappa shape index (κ1) is 18.0. The maximum absolute atomic E-state index is 9.76. The second kappa shape index (κ2) is 9.08. The van der Waals surface area contributed by atoms with Gasteiger partial charge in [-0.3, -0.25) is 9.48 Å². The highest BCUT2D eigenvalue weighted by Crippen LogP contribution is 2.24. The Morgan fingerprint density at radius 1 is 1.29 bits per heavy atom. The van der Waals surface area contributed by atoms with Gasteiger partial charge in [-0.2, -0.15) is 5.10 Å². The second-order valence-corrected chi connectivity index (χ2v) is 5.90. The Balaban J connectivity index is 0.000000185. The SMILES string of the molecule is Cc1nn(C2CCNCC2)c(C)c1N.O=COCc1ccccc1. The Morgan fingerprint density at radius 3 is 2.50 bits per heavy atom. The van der Waals surface area contributed by atoms with Crippen molar-refractivity contribution in [1.29, 1.82) is 0 Å². The number of carbonyl (C=O) groups is 1. The minimum atomic E-state index is 0.365. The highest BCUT2D eigenvalue weighted by atomic mass is 16.5. The first-order chi connectivity index (χ1) is 11.6. The number of piperidine rings is 1. The summed E-state index contributed by atoms with van der Waals surface area (Å²) in [7, 11) is 0. The molecule has 1 aromatic carbocycles. The van der Waals surface area contributed by atoms with Crippen molar-refractivity contribution < 1.29 is 9.53 Å². The Hall–Kier alpha value is -2.34. The summed E-state index contributed by atoms with van der Waals surface area (Å²) in [5.41, 5.74) is 9.85. The van der Waals surface area contributed by atoms with E-state index in [9.17, 15) is 4.79 Å². The zero-order valence-electron chi connectivity index (χ0n) is 14.4. The first-order valence-corrected chi connectivity index (χ1v) is 8.24. The molecule has 3 rings (SSSR count). The molecule has 0 spiro atoms. The molecule has 6 nitrogen and oxygen atoms in total. The molecule has 2 aromatic rings. The molecule has 0 unspecified atom stereocenters. The van der Waals surface area contributed by atoms with Gasteiger partial charge >= 0.3 is 0 Å². The maximum atomic E-state index is 9.76. The van der Waals surface area contributed by atoms with Crippen LogP contribution in [0.4, 0.5) is 5.69 Å². The Kier molecular flexibility index (Phi) is 6.81. The molecule has 0 aliphatic carbocycles. The van der Waals surface area contributed by atoms with E-state index in [4.69, 9.17) is 5.73 Å². The van der Waals surface area contributed by atoms with Crippen molar-refractivity contribution >= 4 is 12.2 Å². The van der Waals surface area contributed by atoms with E-state index >= 15 is 0 Å². The van der Waals surface area contributed by atoms with E-state index in [1.807, 2.05) is 37.3 Å². The number of carbonyl (C=O) groups excluding carboxylic acids is 1. The Morgan fingerprint density at radius 2 is 1.96 bits per heavy atom. The lowest BCUT2D eigenvalue weighted by molar-refractivity contribution is -0.129. The van der Waals surface area contributed by atoms with Crippen LogP contribution in [0.3, 0.4) is 0 Å². The molecule has 130 valence electrons. The zero-order valence-corrected chi connectivity index (χ0v) is 14.4. The van der Waals surface area contributed by atoms with Crippen LogP contribution in [0.2, 0.25) is 0 Å². The molecule has 1 fully saturated rings. The van der Waals surface area contributed by atoms with Crippen molar-refractivity contribution in [2.24, 2.45) is 0 Å². The van der Waals surface area contributed by atoms with Crippen LogP contribution in [-0.2, 0) is 16.1 Å². The number of ether oxygens (including phenoxy) is 1. The minimum absolute atomic E-state index is 0.365. The van der Waals surface area contributed by atoms with Crippen molar-refractivity contribution in [2.45, 2.75) is 39.3 Å². The standard InChI is InChI=1S/C10H18N4.C8H8O2/c1-7-10(11)8(2)14(13-7)9-3-5-12-6-4-9;9-7-10-6-8-4-2-1-3-5-8/h9,12H,3-6,11H2,1-2H3;1-5,7H,6H2. The first-order valence-electron chi connectivity index (χ1n) is 8.24. The predicted octanol–water partition coefficient (Wildman–Crippen LogP) is 2.37. The van der Waals surface area contributed by atoms with E-state index in [1.54, 1.807) is 0 Å². The fourth-order valence-electron chi connectivity index (χ4n) is 2.79. The van der Waals surface area contributed by atoms with Gasteiger partial charge in [-0.25, -0.2) is 0 Å². The van der Waals surface area contributed by atoms with Crippen molar-refractivity contribution in [2.75, 3.05) is 18.8 Å². The van der Waals surface area contributed by atoms with E-state index in [2.05, 4.69) is 26.8 Å². The molecule has 1 aliphatic heterocycles. The molecule has 6 heteroatoms. The van der Waals surface area contributed by atoms with Gasteiger partial charge in [0.05, 0.1) is 23.1 Å². The third kappa shape index (κ3) is 4.83. The summed E-state index contributed by atoms with van der Waals surface area (Å²) in [6.45, 7) is 7.01. The monoisotopic (exact) mass is 330 g/mol. The fourth-order valence-corrected chi connectivity index (χ4v) is 2.79. The fraction of sp³-hybridized carbons (Fsp3) is 0.444. The van der Waals surface area contributed by atoms with Crippen LogP contribution in [0, 0.1) is 13.8 Å². The normalized spacial score (nSPS) is 14.6. The number of nitrogen functional groups attached to an aromatic ring is 1. The van der Waals surface area contributed by atoms with Gasteiger partial charge in [0.1, 0.15) is 6.61 Å². The number of nitrogens with two attached hydrogens (primary N) is 1. The average molecular weight is 330 g/mol. The summed E-state index contributed by atoms with van der Waals surface area (Å²) in [6, 6.07) is 10.1. The summed E-state index contributed by atoms with van der Waals surface area (Å²) in [5, 5.41) is 7.85. The van der Waals surface area contributed by atoms with Crippen LogP contribution >= 0.6 is 0 Å². The van der Waals surface area contributed by atoms with Crippen molar-refractivity contribution in [3.8, 4) is 0 Å². The molecular weight excluding hydrogens is 304 g/mol. The molecule has 2 heterocycles. The van der Waals surface area contributed by atoms with Gasteiger partial charge in [0, 0.05) is 0 Å². The van der Waals surface area contributed by atoms with Gasteiger partial charge in [0.2, 0.25) is 0 Å². The van der Waals surface area contributed by atoms with Crippen molar-refractivity contribution in [1.82, 2.24) is 15.1 Å². The molecule has 0 amide bonds. The van der Waals surface area contributed by atoms with Crippen LogP contribution in [0.25, 0.3) is 0 Å². The number of nitrogens with one attached hydrogen (secondary N) is 1. The molecular formula is C18H26N4O2. The third-order valence-electron chi connectivity index (χ3n) is 4.20. The Bertz CT molecular complexity index is 634. The van der Waals surface area contributed by atoms with Gasteiger partial charge in [-0.1, -0.05) is 30.3 Å². The van der Waals surface area contributed by atoms with Crippen LogP contribution in [0.5, 0.6) is 0 Å². The number of nitrogens with zero attached hydrogens (tertiary/aromatic N) is 2. The maximum Gasteiger partial charge on any atom is 0.293 e. The summed E-state index contributed by atoms with van der Waals surface area (Å²) in [6.07, 6.45) is 2.31. The lowest BCUT2D eigenvalue weighted by Gasteiger charge is -2.24. The highest BCUT2D eigenvalue weighted by Gasteiger charge is 2.19. The molecule has 24 heavy (non-hydrogen) atoms. The highest BCUT2D eigenvalue weighted by molar-refractivity contribution is 5.47. The molecule has 0 saturated carbocycles. The minimum Gasteiger partial charge on any atom is -0.463 e. The number of benzene rings is 1. The number of aryl methyl sites for hydroxylation is 1. The number of hydrogen-bond donors (Lipinski definition) is 2. The smallest absolute Gasteiger partial charge is 0.293 e. The van der Waals surface area contributed by atoms with Crippen molar-refractivity contribution in [3.05, 3.63) is 47.3 Å². The Labute approximate surface area is 143 Å². The summed E-state index contributed by atoms with van der Waals surface area (Å²) < 4.78 is 6.64. The van der Waals surface area contributed by atoms with E-state index in [-0.39, 0.29) is 0 Å². The van der Waals surface area contributed by atoms with E-state index in [1.165, 1.54) is 0 Å². The zero-order chi connectivity index (χ0) is 17.4. The van der Waals surface area contributed by atoms with E-state index in [0.29, 0.717) is 19.1 Å². The molecule has 3 N–H and O–H groups in total. The van der Waals surface area contributed by atoms with Gasteiger partial charge in [-0.05, 0) is 45.3 Å². The van der Waals surface area contributed by atoms with Crippen LogP contribution in [0.15, 0.2) is 30.3 Å². The van der Waals surface area contributed by atoms with Gasteiger partial charge in [0.15, 0.2) is 0 Å². The summed E-state index contributed by atoms with van der Waals surface area (Å²) in [5.74, 6) is 0. The second-order valence-electron chi connectivity index (χ2n) is 5.90. The molecule has 0 atom stereocenters. The lowest BCUT2D eigenvalue weighted by atomic mass is 10.1. The average Bonchev–Trinajstić information content (AvgIpc) is 2.89. The van der Waals surface area contributed by atoms with Crippen LogP contribution in [0.1, 0.15) is 35.8 Å². The van der Waals surface area contributed by atoms with Gasteiger partial charge < -0.3 is 15.8 Å². The van der Waals surface area contributed by atoms with E-state index in [0.717, 1.165) is 48.6 Å². The summed E-state index contributed by atoms with van der Waals surface area (Å²) >= 11 is 0. The van der Waals surface area contributed by atoms with Crippen molar-refractivity contribution in [3.63, 3.8) is 0 Å². The van der Waals surface area contributed by atoms with Crippen LogP contribution < -0.4 is 11.1 Å².